The summed E-state index contributed by atoms with van der Waals surface area (Å²) in [6.07, 6.45) is 2.07. The maximum absolute atomic E-state index is 11.4. The molecule has 3 rings (SSSR count). The topological polar surface area (TPSA) is 42.2 Å². The smallest absolute Gasteiger partial charge is 0.352 e. The van der Waals surface area contributed by atoms with Gasteiger partial charge in [-0.05, 0) is 37.1 Å². The summed E-state index contributed by atoms with van der Waals surface area (Å²) in [7, 11) is 0. The van der Waals surface area contributed by atoms with Gasteiger partial charge in [-0.3, -0.25) is 0 Å². The zero-order chi connectivity index (χ0) is 14.4. The van der Waals surface area contributed by atoms with E-state index in [9.17, 15) is 9.90 Å². The van der Waals surface area contributed by atoms with E-state index in [1.165, 1.54) is 0 Å². The predicted octanol–water partition coefficient (Wildman–Crippen LogP) is 5.48. The first-order chi connectivity index (χ1) is 9.49. The second kappa shape index (κ2) is 5.31. The van der Waals surface area contributed by atoms with Gasteiger partial charge in [-0.2, -0.15) is 0 Å². The van der Waals surface area contributed by atoms with E-state index in [0.29, 0.717) is 11.7 Å². The summed E-state index contributed by atoms with van der Waals surface area (Å²) in [5.74, 6) is -0.882. The number of carboxylic acids is 1. The van der Waals surface area contributed by atoms with E-state index >= 15 is 0 Å². The van der Waals surface area contributed by atoms with Crippen LogP contribution in [-0.4, -0.2) is 15.6 Å². The molecular formula is C14H10Br3NO2. The summed E-state index contributed by atoms with van der Waals surface area (Å²) in [5, 5.41) is 9.33. The number of carbonyl (C=O) groups is 1. The molecule has 1 aliphatic rings. The highest BCUT2D eigenvalue weighted by Crippen LogP contribution is 2.44. The largest absolute Gasteiger partial charge is 0.477 e. The predicted molar refractivity (Wildman–Crippen MR) is 88.2 cm³/mol. The van der Waals surface area contributed by atoms with Crippen LogP contribution in [0.5, 0.6) is 0 Å². The van der Waals surface area contributed by atoms with Crippen molar-refractivity contribution in [3.63, 3.8) is 0 Å². The van der Waals surface area contributed by atoms with Gasteiger partial charge >= 0.3 is 5.97 Å². The Kier molecular flexibility index (Phi) is 3.81. The molecule has 6 heteroatoms. The van der Waals surface area contributed by atoms with E-state index in [4.69, 9.17) is 0 Å². The lowest BCUT2D eigenvalue weighted by Gasteiger charge is -2.14. The lowest BCUT2D eigenvalue weighted by atomic mass is 10.1. The Morgan fingerprint density at radius 1 is 1.15 bits per heavy atom. The number of carboxylic acid groups (broad SMARTS) is 1. The van der Waals surface area contributed by atoms with Gasteiger partial charge in [0.15, 0.2) is 0 Å². The van der Waals surface area contributed by atoms with Gasteiger partial charge in [0.2, 0.25) is 0 Å². The van der Waals surface area contributed by atoms with Gasteiger partial charge in [-0.25, -0.2) is 4.79 Å². The highest BCUT2D eigenvalue weighted by molar-refractivity contribution is 9.11. The number of nitrogens with zero attached hydrogens (tertiary/aromatic N) is 1. The Labute approximate surface area is 141 Å². The maximum atomic E-state index is 11.4. The first kappa shape index (κ1) is 14.4. The number of hydrogen-bond donors (Lipinski definition) is 1. The Morgan fingerprint density at radius 3 is 2.25 bits per heavy atom. The number of rotatable bonds is 3. The van der Waals surface area contributed by atoms with Crippen LogP contribution in [0, 0.1) is 0 Å². The molecule has 1 aromatic heterocycles. The van der Waals surface area contributed by atoms with Gasteiger partial charge in [0.05, 0.1) is 5.69 Å². The summed E-state index contributed by atoms with van der Waals surface area (Å²) in [6.45, 7) is 0. The average Bonchev–Trinajstić information content (AvgIpc) is 3.08. The standard InChI is InChI=1S/C14H10Br3NO2/c15-7-5-9(16)13(10(17)6-7)11-3-4-12(14(19)20)18(11)8-1-2-8/h3-6,8H,1-2H2,(H,19,20). The molecule has 1 aliphatic carbocycles. The second-order valence-electron chi connectivity index (χ2n) is 4.75. The fraction of sp³-hybridized carbons (Fsp3) is 0.214. The molecule has 1 aromatic carbocycles. The molecule has 0 amide bonds. The Balaban J connectivity index is 2.23. The van der Waals surface area contributed by atoms with Crippen molar-refractivity contribution in [3.05, 3.63) is 43.4 Å². The fourth-order valence-corrected chi connectivity index (χ4v) is 5.00. The summed E-state index contributed by atoms with van der Waals surface area (Å²) in [5.41, 5.74) is 2.26. The molecule has 20 heavy (non-hydrogen) atoms. The van der Waals surface area contributed by atoms with Crippen LogP contribution in [0.3, 0.4) is 0 Å². The minimum absolute atomic E-state index is 0.300. The van der Waals surface area contributed by atoms with E-state index in [2.05, 4.69) is 47.8 Å². The molecule has 1 heterocycles. The summed E-state index contributed by atoms with van der Waals surface area (Å²) in [4.78, 5) is 11.4. The molecule has 1 fully saturated rings. The van der Waals surface area contributed by atoms with Crippen LogP contribution in [0.15, 0.2) is 37.7 Å². The van der Waals surface area contributed by atoms with Crippen molar-refractivity contribution in [3.8, 4) is 11.3 Å². The second-order valence-corrected chi connectivity index (χ2v) is 7.38. The van der Waals surface area contributed by atoms with Crippen molar-refractivity contribution < 1.29 is 9.90 Å². The fourth-order valence-electron chi connectivity index (χ4n) is 2.34. The highest BCUT2D eigenvalue weighted by atomic mass is 79.9. The third-order valence-corrected chi connectivity index (χ3v) is 5.02. The van der Waals surface area contributed by atoms with E-state index in [1.807, 2.05) is 22.8 Å². The van der Waals surface area contributed by atoms with Gasteiger partial charge in [0.25, 0.3) is 0 Å². The first-order valence-electron chi connectivity index (χ1n) is 6.08. The Hall–Kier alpha value is -0.590. The molecule has 0 unspecified atom stereocenters. The van der Waals surface area contributed by atoms with Crippen LogP contribution in [0.25, 0.3) is 11.3 Å². The van der Waals surface area contributed by atoms with Crippen molar-refractivity contribution in [2.24, 2.45) is 0 Å². The zero-order valence-electron chi connectivity index (χ0n) is 10.2. The number of benzene rings is 1. The van der Waals surface area contributed by atoms with Gasteiger partial charge in [0, 0.05) is 25.0 Å². The number of aromatic nitrogens is 1. The summed E-state index contributed by atoms with van der Waals surface area (Å²) in [6, 6.07) is 7.78. The van der Waals surface area contributed by atoms with E-state index in [-0.39, 0.29) is 0 Å². The van der Waals surface area contributed by atoms with Crippen LogP contribution < -0.4 is 0 Å². The van der Waals surface area contributed by atoms with Crippen molar-refractivity contribution in [1.82, 2.24) is 4.57 Å². The normalized spacial score (nSPS) is 14.6. The summed E-state index contributed by atoms with van der Waals surface area (Å²) < 4.78 is 4.75. The molecule has 0 bridgehead atoms. The van der Waals surface area contributed by atoms with Crippen LogP contribution in [-0.2, 0) is 0 Å². The van der Waals surface area contributed by atoms with E-state index in [1.54, 1.807) is 6.07 Å². The van der Waals surface area contributed by atoms with Crippen molar-refractivity contribution in [1.29, 1.82) is 0 Å². The molecule has 0 atom stereocenters. The Bertz CT molecular complexity index is 681. The minimum atomic E-state index is -0.882. The number of hydrogen-bond acceptors (Lipinski definition) is 1. The van der Waals surface area contributed by atoms with Crippen molar-refractivity contribution in [2.75, 3.05) is 0 Å². The van der Waals surface area contributed by atoms with Crippen molar-refractivity contribution >= 4 is 53.8 Å². The number of halogens is 3. The van der Waals surface area contributed by atoms with Gasteiger partial charge < -0.3 is 9.67 Å². The Morgan fingerprint density at radius 2 is 1.75 bits per heavy atom. The summed E-state index contributed by atoms with van der Waals surface area (Å²) >= 11 is 10.6. The molecule has 104 valence electrons. The van der Waals surface area contributed by atoms with Gasteiger partial charge in [-0.15, -0.1) is 0 Å². The highest BCUT2D eigenvalue weighted by Gasteiger charge is 2.30. The van der Waals surface area contributed by atoms with E-state index in [0.717, 1.165) is 37.5 Å². The lowest BCUT2D eigenvalue weighted by Crippen LogP contribution is -2.08. The third-order valence-electron chi connectivity index (χ3n) is 3.31. The minimum Gasteiger partial charge on any atom is -0.477 e. The maximum Gasteiger partial charge on any atom is 0.352 e. The molecule has 0 aliphatic heterocycles. The molecule has 1 saturated carbocycles. The van der Waals surface area contributed by atoms with Gasteiger partial charge in [-0.1, -0.05) is 47.8 Å². The molecule has 2 aromatic rings. The van der Waals surface area contributed by atoms with Crippen LogP contribution in [0.1, 0.15) is 29.4 Å². The monoisotopic (exact) mass is 461 g/mol. The van der Waals surface area contributed by atoms with Crippen molar-refractivity contribution in [2.45, 2.75) is 18.9 Å². The molecule has 0 radical (unpaired) electrons. The van der Waals surface area contributed by atoms with Crippen LogP contribution in [0.4, 0.5) is 0 Å². The first-order valence-corrected chi connectivity index (χ1v) is 8.46. The third kappa shape index (κ3) is 2.49. The van der Waals surface area contributed by atoms with E-state index < -0.39 is 5.97 Å². The zero-order valence-corrected chi connectivity index (χ0v) is 15.0. The van der Waals surface area contributed by atoms with Crippen LogP contribution in [0.2, 0.25) is 0 Å². The molecular weight excluding hydrogens is 454 g/mol. The van der Waals surface area contributed by atoms with Gasteiger partial charge in [0.1, 0.15) is 5.69 Å². The SMILES string of the molecule is O=C(O)c1ccc(-c2c(Br)cc(Br)cc2Br)n1C1CC1. The molecule has 0 spiro atoms. The quantitative estimate of drug-likeness (QED) is 0.655. The molecule has 3 nitrogen and oxygen atoms in total. The molecule has 1 N–H and O–H groups in total. The molecule has 0 saturated heterocycles. The average molecular weight is 464 g/mol. The lowest BCUT2D eigenvalue weighted by molar-refractivity contribution is 0.0685. The van der Waals surface area contributed by atoms with Crippen LogP contribution >= 0.6 is 47.8 Å². The number of aromatic carboxylic acids is 1.